The summed E-state index contributed by atoms with van der Waals surface area (Å²) in [6.07, 6.45) is 5.60. The first-order chi connectivity index (χ1) is 17.6. The Morgan fingerprint density at radius 1 is 1.00 bits per heavy atom. The molecular weight excluding hydrogens is 506 g/mol. The van der Waals surface area contributed by atoms with Crippen molar-refractivity contribution in [2.24, 2.45) is 52.3 Å². The van der Waals surface area contributed by atoms with Crippen molar-refractivity contribution < 1.29 is 33.1 Å². The summed E-state index contributed by atoms with van der Waals surface area (Å²) < 4.78 is 31.9. The molecule has 0 aromatic rings. The van der Waals surface area contributed by atoms with E-state index in [4.69, 9.17) is 0 Å². The van der Waals surface area contributed by atoms with E-state index < -0.39 is 34.1 Å². The molecule has 12 atom stereocenters. The molecule has 0 radical (unpaired) electrons. The van der Waals surface area contributed by atoms with Crippen LogP contribution in [0.25, 0.3) is 0 Å². The number of hydrogen-bond acceptors (Lipinski definition) is 6. The van der Waals surface area contributed by atoms with Crippen LogP contribution in [0.5, 0.6) is 0 Å². The molecule has 0 spiro atoms. The minimum absolute atomic E-state index is 0.0439. The van der Waals surface area contributed by atoms with Gasteiger partial charge in [-0.3, -0.25) is 9.35 Å². The van der Waals surface area contributed by atoms with Crippen molar-refractivity contribution in [2.45, 2.75) is 117 Å². The standard InChI is InChI=1S/C29H51NO7S/c1-16(2)23(15-38(35,36)37)30-26(34)9-6-17(3)20-7-8-21-27-22(14-25(33)29(20,21)5)28(4)11-10-19(31)12-18(28)13-24(27)32/h16-25,27,31-33H,6-15H2,1-5H3,(H,30,34)(H,35,36,37)/t17-,18+,19-,20-,21+,22+,23+,24-,25+,27+,28+,29-/m1/s1. The molecule has 0 unspecified atom stereocenters. The van der Waals surface area contributed by atoms with Gasteiger partial charge in [0.1, 0.15) is 0 Å². The van der Waals surface area contributed by atoms with Crippen molar-refractivity contribution in [1.29, 1.82) is 0 Å². The summed E-state index contributed by atoms with van der Waals surface area (Å²) in [5, 5.41) is 36.2. The monoisotopic (exact) mass is 557 g/mol. The van der Waals surface area contributed by atoms with Gasteiger partial charge >= 0.3 is 0 Å². The molecule has 4 saturated carbocycles. The second kappa shape index (κ2) is 10.9. The summed E-state index contributed by atoms with van der Waals surface area (Å²) in [4.78, 5) is 12.7. The van der Waals surface area contributed by atoms with Crippen molar-refractivity contribution in [2.75, 3.05) is 5.75 Å². The third kappa shape index (κ3) is 5.56. The van der Waals surface area contributed by atoms with Crippen LogP contribution < -0.4 is 5.32 Å². The number of rotatable bonds is 8. The Morgan fingerprint density at radius 3 is 2.32 bits per heavy atom. The average molecular weight is 558 g/mol. The largest absolute Gasteiger partial charge is 0.393 e. The first-order valence-corrected chi connectivity index (χ1v) is 16.5. The zero-order chi connectivity index (χ0) is 28.2. The van der Waals surface area contributed by atoms with Crippen LogP contribution in [0.15, 0.2) is 0 Å². The van der Waals surface area contributed by atoms with Gasteiger partial charge in [-0.1, -0.05) is 34.6 Å². The van der Waals surface area contributed by atoms with Crippen LogP contribution in [-0.4, -0.2) is 64.3 Å². The van der Waals surface area contributed by atoms with Gasteiger partial charge in [0.25, 0.3) is 10.1 Å². The van der Waals surface area contributed by atoms with E-state index in [1.165, 1.54) is 0 Å². The zero-order valence-electron chi connectivity index (χ0n) is 23.8. The smallest absolute Gasteiger partial charge is 0.266 e. The lowest BCUT2D eigenvalue weighted by Crippen LogP contribution is -2.62. The van der Waals surface area contributed by atoms with Crippen LogP contribution in [0.2, 0.25) is 0 Å². The fourth-order valence-electron chi connectivity index (χ4n) is 9.60. The average Bonchev–Trinajstić information content (AvgIpc) is 3.16. The lowest BCUT2D eigenvalue weighted by atomic mass is 9.43. The van der Waals surface area contributed by atoms with Gasteiger partial charge in [-0.05, 0) is 104 Å². The lowest BCUT2D eigenvalue weighted by Gasteiger charge is -2.63. The van der Waals surface area contributed by atoms with Crippen LogP contribution in [0.3, 0.4) is 0 Å². The lowest BCUT2D eigenvalue weighted by molar-refractivity contribution is -0.207. The Balaban J connectivity index is 1.44. The third-order valence-corrected chi connectivity index (χ3v) is 12.7. The first-order valence-electron chi connectivity index (χ1n) is 14.9. The highest BCUT2D eigenvalue weighted by Crippen LogP contribution is 2.68. The van der Waals surface area contributed by atoms with E-state index in [2.05, 4.69) is 26.1 Å². The fraction of sp³-hybridized carbons (Fsp3) is 0.966. The summed E-state index contributed by atoms with van der Waals surface area (Å²) in [7, 11) is -4.19. The summed E-state index contributed by atoms with van der Waals surface area (Å²) >= 11 is 0. The molecule has 0 bridgehead atoms. The van der Waals surface area contributed by atoms with Gasteiger partial charge < -0.3 is 20.6 Å². The van der Waals surface area contributed by atoms with E-state index in [-0.39, 0.29) is 64.8 Å². The van der Waals surface area contributed by atoms with Gasteiger partial charge in [0.15, 0.2) is 0 Å². The molecule has 0 heterocycles. The van der Waals surface area contributed by atoms with Crippen molar-refractivity contribution >= 4 is 16.0 Å². The number of carbonyl (C=O) groups is 1. The van der Waals surface area contributed by atoms with Gasteiger partial charge in [-0.15, -0.1) is 0 Å². The van der Waals surface area contributed by atoms with Gasteiger partial charge in [0.05, 0.1) is 24.1 Å². The molecule has 38 heavy (non-hydrogen) atoms. The van der Waals surface area contributed by atoms with Crippen molar-refractivity contribution in [3.63, 3.8) is 0 Å². The topological polar surface area (TPSA) is 144 Å². The van der Waals surface area contributed by atoms with Crippen LogP contribution in [-0.2, 0) is 14.9 Å². The molecule has 220 valence electrons. The van der Waals surface area contributed by atoms with Gasteiger partial charge in [-0.2, -0.15) is 8.42 Å². The van der Waals surface area contributed by atoms with E-state index >= 15 is 0 Å². The van der Waals surface area contributed by atoms with Crippen molar-refractivity contribution in [3.8, 4) is 0 Å². The predicted molar refractivity (Wildman–Crippen MR) is 146 cm³/mol. The van der Waals surface area contributed by atoms with Gasteiger partial charge in [0.2, 0.25) is 5.91 Å². The molecule has 8 nitrogen and oxygen atoms in total. The predicted octanol–water partition coefficient (Wildman–Crippen LogP) is 3.39. The molecule has 4 aliphatic rings. The van der Waals surface area contributed by atoms with E-state index in [1.807, 2.05) is 13.8 Å². The Bertz CT molecular complexity index is 972. The maximum absolute atomic E-state index is 12.7. The molecule has 5 N–H and O–H groups in total. The van der Waals surface area contributed by atoms with Crippen molar-refractivity contribution in [1.82, 2.24) is 5.32 Å². The summed E-state index contributed by atoms with van der Waals surface area (Å²) in [6, 6.07) is -0.642. The van der Waals surface area contributed by atoms with E-state index in [1.54, 1.807) is 0 Å². The van der Waals surface area contributed by atoms with Crippen LogP contribution in [0.4, 0.5) is 0 Å². The Labute approximate surface area is 229 Å². The molecule has 4 rings (SSSR count). The Hall–Kier alpha value is -0.740. The van der Waals surface area contributed by atoms with Crippen LogP contribution >= 0.6 is 0 Å². The highest BCUT2D eigenvalue weighted by molar-refractivity contribution is 7.85. The van der Waals surface area contributed by atoms with Gasteiger partial charge in [-0.25, -0.2) is 0 Å². The second-order valence-electron chi connectivity index (χ2n) is 14.2. The van der Waals surface area contributed by atoms with E-state index in [0.717, 1.165) is 38.5 Å². The Kier molecular flexibility index (Phi) is 8.68. The fourth-order valence-corrected chi connectivity index (χ4v) is 10.5. The minimum Gasteiger partial charge on any atom is -0.393 e. The molecule has 0 saturated heterocycles. The maximum atomic E-state index is 12.7. The minimum atomic E-state index is -4.19. The van der Waals surface area contributed by atoms with E-state index in [9.17, 15) is 33.1 Å². The molecule has 4 aliphatic carbocycles. The number of carbonyl (C=O) groups excluding carboxylic acids is 1. The van der Waals surface area contributed by atoms with Gasteiger partial charge in [0, 0.05) is 12.5 Å². The Morgan fingerprint density at radius 2 is 1.68 bits per heavy atom. The second-order valence-corrected chi connectivity index (χ2v) is 15.7. The summed E-state index contributed by atoms with van der Waals surface area (Å²) in [5.41, 5.74) is -0.275. The number of hydrogen-bond donors (Lipinski definition) is 5. The molecule has 9 heteroatoms. The molecule has 4 fully saturated rings. The summed E-state index contributed by atoms with van der Waals surface area (Å²) in [6.45, 7) is 10.3. The molecule has 0 aromatic carbocycles. The van der Waals surface area contributed by atoms with E-state index in [0.29, 0.717) is 18.8 Å². The van der Waals surface area contributed by atoms with Crippen LogP contribution in [0.1, 0.15) is 92.4 Å². The van der Waals surface area contributed by atoms with Crippen LogP contribution in [0, 0.1) is 52.3 Å². The SMILES string of the molecule is CC(C)[C@H](CS(=O)(=O)O)NC(=O)CC[C@@H](C)[C@H]1CC[C@H]2[C@@H]3[C@H](O)C[C@@H]4C[C@H](O)CC[C@]4(C)[C@H]3C[C@H](O)[C@]12C. The number of nitrogens with one attached hydrogen (secondary N) is 1. The maximum Gasteiger partial charge on any atom is 0.266 e. The summed E-state index contributed by atoms with van der Waals surface area (Å²) in [5.74, 6) is 0.528. The number of aliphatic hydroxyl groups excluding tert-OH is 3. The zero-order valence-corrected chi connectivity index (χ0v) is 24.7. The molecule has 0 aliphatic heterocycles. The highest BCUT2D eigenvalue weighted by atomic mass is 32.2. The number of amides is 1. The number of fused-ring (bicyclic) bond motifs is 5. The first kappa shape index (κ1) is 30.2. The molecular formula is C29H51NO7S. The highest BCUT2D eigenvalue weighted by Gasteiger charge is 2.65. The third-order valence-electron chi connectivity index (χ3n) is 11.9. The quantitative estimate of drug-likeness (QED) is 0.288. The van der Waals surface area contributed by atoms with Crippen molar-refractivity contribution in [3.05, 3.63) is 0 Å². The number of aliphatic hydroxyl groups is 3. The molecule has 0 aromatic heterocycles. The molecule has 1 amide bonds. The normalized spacial score (nSPS) is 44.6.